The van der Waals surface area contributed by atoms with Crippen molar-refractivity contribution in [2.45, 2.75) is 25.8 Å². The van der Waals surface area contributed by atoms with Gasteiger partial charge in [-0.05, 0) is 76.3 Å². The van der Waals surface area contributed by atoms with E-state index in [0.29, 0.717) is 28.3 Å². The molecule has 160 valence electrons. The van der Waals surface area contributed by atoms with Crippen LogP contribution in [0.2, 0.25) is 0 Å². The zero-order valence-corrected chi connectivity index (χ0v) is 17.7. The highest BCUT2D eigenvalue weighted by molar-refractivity contribution is 6.36. The van der Waals surface area contributed by atoms with E-state index in [1.807, 2.05) is 18.2 Å². The number of ether oxygens (including phenoxy) is 2. The summed E-state index contributed by atoms with van der Waals surface area (Å²) in [6.07, 6.45) is 1.97. The van der Waals surface area contributed by atoms with Crippen molar-refractivity contribution in [3.8, 4) is 11.5 Å². The van der Waals surface area contributed by atoms with E-state index in [-0.39, 0.29) is 24.5 Å². The van der Waals surface area contributed by atoms with Crippen LogP contribution >= 0.6 is 0 Å². The Morgan fingerprint density at radius 3 is 2.58 bits per heavy atom. The Morgan fingerprint density at radius 1 is 1.06 bits per heavy atom. The first-order valence-corrected chi connectivity index (χ1v) is 10.6. The van der Waals surface area contributed by atoms with E-state index in [9.17, 15) is 9.59 Å². The first-order valence-electron chi connectivity index (χ1n) is 10.6. The van der Waals surface area contributed by atoms with Crippen LogP contribution in [0.4, 0.5) is 5.69 Å². The molecule has 3 heterocycles. The molecule has 7 nitrogen and oxygen atoms in total. The largest absolute Gasteiger partial charge is 0.454 e. The number of hydrogen-bond donors (Lipinski definition) is 2. The van der Waals surface area contributed by atoms with Crippen molar-refractivity contribution in [1.82, 2.24) is 10.2 Å². The molecule has 0 unspecified atom stereocenters. The minimum absolute atomic E-state index is 0.0330. The summed E-state index contributed by atoms with van der Waals surface area (Å²) in [7, 11) is 2.12. The topological polar surface area (TPSA) is 79.9 Å². The number of piperidine rings is 1. The van der Waals surface area contributed by atoms with Gasteiger partial charge >= 0.3 is 0 Å². The van der Waals surface area contributed by atoms with E-state index in [1.54, 1.807) is 18.2 Å². The summed E-state index contributed by atoms with van der Waals surface area (Å²) in [5, 5.41) is 6.60. The number of ketones is 1. The molecule has 0 saturated carbocycles. The normalized spacial score (nSPS) is 19.7. The molecule has 1 saturated heterocycles. The smallest absolute Gasteiger partial charge is 0.258 e. The van der Waals surface area contributed by atoms with Gasteiger partial charge in [-0.2, -0.15) is 0 Å². The molecule has 0 radical (unpaired) electrons. The van der Waals surface area contributed by atoms with Crippen molar-refractivity contribution in [3.63, 3.8) is 0 Å². The standard InChI is InChI=1S/C24H25N3O4/c1-14(28)15-3-5-19-18(11-15)22(24(29)26-19)23(25-17-7-9-27(2)10-8-17)16-4-6-20-21(12-16)31-13-30-20/h3-6,11-12,17,25H,7-10,13H2,1-2H3,(H,26,29). The lowest BCUT2D eigenvalue weighted by molar-refractivity contribution is -0.110. The first-order chi connectivity index (χ1) is 15.0. The molecule has 1 amide bonds. The van der Waals surface area contributed by atoms with Crippen LogP contribution in [0.3, 0.4) is 0 Å². The third kappa shape index (κ3) is 3.65. The Bertz CT molecular complexity index is 1100. The maximum atomic E-state index is 13.1. The second-order valence-electron chi connectivity index (χ2n) is 8.31. The number of nitrogens with one attached hydrogen (secondary N) is 2. The third-order valence-corrected chi connectivity index (χ3v) is 6.15. The van der Waals surface area contributed by atoms with Crippen LogP contribution < -0.4 is 20.1 Å². The van der Waals surface area contributed by atoms with Gasteiger partial charge in [0.1, 0.15) is 0 Å². The Hall–Kier alpha value is -3.32. The van der Waals surface area contributed by atoms with E-state index >= 15 is 0 Å². The lowest BCUT2D eigenvalue weighted by atomic mass is 9.96. The second kappa shape index (κ2) is 7.74. The molecule has 2 aromatic rings. The second-order valence-corrected chi connectivity index (χ2v) is 8.31. The number of nitrogens with zero attached hydrogens (tertiary/aromatic N) is 1. The highest BCUT2D eigenvalue weighted by Crippen LogP contribution is 2.40. The maximum Gasteiger partial charge on any atom is 0.258 e. The molecule has 0 spiro atoms. The van der Waals surface area contributed by atoms with Gasteiger partial charge in [-0.3, -0.25) is 9.59 Å². The van der Waals surface area contributed by atoms with E-state index in [2.05, 4.69) is 22.6 Å². The van der Waals surface area contributed by atoms with Gasteiger partial charge in [0, 0.05) is 28.4 Å². The monoisotopic (exact) mass is 419 g/mol. The summed E-state index contributed by atoms with van der Waals surface area (Å²) < 4.78 is 11.0. The van der Waals surface area contributed by atoms with E-state index in [0.717, 1.165) is 42.8 Å². The maximum absolute atomic E-state index is 13.1. The number of hydrogen-bond acceptors (Lipinski definition) is 6. The molecule has 31 heavy (non-hydrogen) atoms. The fourth-order valence-corrected chi connectivity index (χ4v) is 4.34. The molecule has 0 aliphatic carbocycles. The molecule has 2 N–H and O–H groups in total. The van der Waals surface area contributed by atoms with Crippen LogP contribution in [-0.4, -0.2) is 49.6 Å². The molecule has 0 atom stereocenters. The number of fused-ring (bicyclic) bond motifs is 2. The summed E-state index contributed by atoms with van der Waals surface area (Å²) >= 11 is 0. The zero-order valence-electron chi connectivity index (χ0n) is 17.7. The summed E-state index contributed by atoms with van der Waals surface area (Å²) in [6, 6.07) is 11.3. The zero-order chi connectivity index (χ0) is 21.5. The Labute approximate surface area is 181 Å². The van der Waals surface area contributed by atoms with Gasteiger partial charge in [0.15, 0.2) is 17.3 Å². The molecule has 1 fully saturated rings. The lowest BCUT2D eigenvalue weighted by Gasteiger charge is -2.31. The molecule has 0 bridgehead atoms. The SMILES string of the molecule is CC(=O)c1ccc2c(c1)C(=C(NC1CCN(C)CC1)c1ccc3c(c1)OCO3)C(=O)N2. The third-order valence-electron chi connectivity index (χ3n) is 6.15. The quantitative estimate of drug-likeness (QED) is 0.586. The fourth-order valence-electron chi connectivity index (χ4n) is 4.34. The average Bonchev–Trinajstić information content (AvgIpc) is 3.35. The minimum atomic E-state index is -0.177. The number of amides is 1. The Balaban J connectivity index is 1.63. The van der Waals surface area contributed by atoms with Gasteiger partial charge in [-0.25, -0.2) is 0 Å². The molecular formula is C24H25N3O4. The van der Waals surface area contributed by atoms with Crippen molar-refractivity contribution < 1.29 is 19.1 Å². The number of rotatable bonds is 4. The van der Waals surface area contributed by atoms with E-state index in [4.69, 9.17) is 9.47 Å². The van der Waals surface area contributed by atoms with Crippen molar-refractivity contribution in [3.05, 3.63) is 53.1 Å². The molecule has 0 aromatic heterocycles. The van der Waals surface area contributed by atoms with Gasteiger partial charge in [0.25, 0.3) is 5.91 Å². The van der Waals surface area contributed by atoms with Crippen molar-refractivity contribution in [2.24, 2.45) is 0 Å². The van der Waals surface area contributed by atoms with Gasteiger partial charge in [0.05, 0.1) is 11.3 Å². The molecule has 5 rings (SSSR count). The van der Waals surface area contributed by atoms with Gasteiger partial charge in [-0.15, -0.1) is 0 Å². The van der Waals surface area contributed by atoms with Gasteiger partial charge in [-0.1, -0.05) is 0 Å². The molecule has 3 aliphatic heterocycles. The number of carbonyl (C=O) groups excluding carboxylic acids is 2. The molecule has 3 aliphatic rings. The van der Waals surface area contributed by atoms with E-state index in [1.165, 1.54) is 6.92 Å². The van der Waals surface area contributed by atoms with Crippen LogP contribution in [0.1, 0.15) is 41.3 Å². The van der Waals surface area contributed by atoms with Crippen LogP contribution in [0.5, 0.6) is 11.5 Å². The summed E-state index contributed by atoms with van der Waals surface area (Å²) in [6.45, 7) is 3.72. The van der Waals surface area contributed by atoms with Gasteiger partial charge in [0.2, 0.25) is 6.79 Å². The Kier molecular flexibility index (Phi) is 4.90. The summed E-state index contributed by atoms with van der Waals surface area (Å²) in [4.78, 5) is 27.4. The summed E-state index contributed by atoms with van der Waals surface area (Å²) in [5.74, 6) is 1.15. The lowest BCUT2D eigenvalue weighted by Crippen LogP contribution is -2.40. The fraction of sp³-hybridized carbons (Fsp3) is 0.333. The van der Waals surface area contributed by atoms with E-state index < -0.39 is 0 Å². The summed E-state index contributed by atoms with van der Waals surface area (Å²) in [5.41, 5.74) is 4.20. The Morgan fingerprint density at radius 2 is 1.81 bits per heavy atom. The predicted molar refractivity (Wildman–Crippen MR) is 118 cm³/mol. The van der Waals surface area contributed by atoms with Crippen molar-refractivity contribution in [1.29, 1.82) is 0 Å². The molecular weight excluding hydrogens is 394 g/mol. The number of anilines is 1. The molecule has 7 heteroatoms. The molecule has 2 aromatic carbocycles. The highest BCUT2D eigenvalue weighted by atomic mass is 16.7. The van der Waals surface area contributed by atoms with Crippen LogP contribution in [-0.2, 0) is 4.79 Å². The van der Waals surface area contributed by atoms with Crippen molar-refractivity contribution >= 4 is 28.6 Å². The predicted octanol–water partition coefficient (Wildman–Crippen LogP) is 3.12. The average molecular weight is 419 g/mol. The van der Waals surface area contributed by atoms with Crippen molar-refractivity contribution in [2.75, 3.05) is 32.2 Å². The number of benzene rings is 2. The van der Waals surface area contributed by atoms with Crippen LogP contribution in [0.15, 0.2) is 36.4 Å². The first kappa shape index (κ1) is 19.6. The van der Waals surface area contributed by atoms with Crippen LogP contribution in [0, 0.1) is 0 Å². The number of Topliss-reactive ketones (excluding diaryl/α,β-unsaturated/α-hetero) is 1. The minimum Gasteiger partial charge on any atom is -0.454 e. The number of carbonyl (C=O) groups is 2. The van der Waals surface area contributed by atoms with Crippen LogP contribution in [0.25, 0.3) is 11.3 Å². The highest BCUT2D eigenvalue weighted by Gasteiger charge is 2.31. The number of likely N-dealkylation sites (tertiary alicyclic amines) is 1. The van der Waals surface area contributed by atoms with Gasteiger partial charge < -0.3 is 25.0 Å².